The van der Waals surface area contributed by atoms with Gasteiger partial charge in [0.05, 0.1) is 17.2 Å². The molecule has 4 nitrogen and oxygen atoms in total. The Kier molecular flexibility index (Phi) is 5.53. The van der Waals surface area contributed by atoms with Crippen LogP contribution in [0.3, 0.4) is 0 Å². The predicted octanol–water partition coefficient (Wildman–Crippen LogP) is 5.78. The van der Waals surface area contributed by atoms with E-state index in [-0.39, 0.29) is 22.4 Å². The molecule has 4 rings (SSSR count). The maximum atomic E-state index is 14.0. The fourth-order valence-corrected chi connectivity index (χ4v) is 3.79. The number of carbonyl (C=O) groups is 2. The second-order valence-corrected chi connectivity index (χ2v) is 7.64. The molecular formula is C25H17F4NO3. The number of hydrogen-bond acceptors (Lipinski definition) is 3. The average Bonchev–Trinajstić information content (AvgIpc) is 3.04. The van der Waals surface area contributed by atoms with E-state index in [1.165, 1.54) is 18.2 Å². The molecule has 1 heterocycles. The number of ketones is 1. The Bertz CT molecular complexity index is 1280. The van der Waals surface area contributed by atoms with Crippen LogP contribution in [0.2, 0.25) is 0 Å². The number of amides is 1. The van der Waals surface area contributed by atoms with Crippen molar-refractivity contribution in [1.82, 2.24) is 0 Å². The molecule has 0 spiro atoms. The van der Waals surface area contributed by atoms with E-state index < -0.39 is 41.0 Å². The molecule has 33 heavy (non-hydrogen) atoms. The summed E-state index contributed by atoms with van der Waals surface area (Å²) >= 11 is 0. The summed E-state index contributed by atoms with van der Waals surface area (Å²) in [7, 11) is 0. The molecule has 0 radical (unpaired) electrons. The van der Waals surface area contributed by atoms with E-state index in [0.717, 1.165) is 40.8 Å². The number of hydrogen-bond donors (Lipinski definition) is 1. The molecule has 168 valence electrons. The number of halogens is 4. The highest BCUT2D eigenvalue weighted by Crippen LogP contribution is 2.43. The van der Waals surface area contributed by atoms with Gasteiger partial charge in [0, 0.05) is 11.3 Å². The predicted molar refractivity (Wildman–Crippen MR) is 114 cm³/mol. The summed E-state index contributed by atoms with van der Waals surface area (Å²) in [5, 5.41) is 11.0. The molecule has 1 amide bonds. The van der Waals surface area contributed by atoms with Gasteiger partial charge in [-0.05, 0) is 42.8 Å². The van der Waals surface area contributed by atoms with Gasteiger partial charge in [0.25, 0.3) is 11.7 Å². The second kappa shape index (κ2) is 8.20. The normalized spacial score (nSPS) is 18.1. The van der Waals surface area contributed by atoms with Crippen molar-refractivity contribution in [3.63, 3.8) is 0 Å². The quantitative estimate of drug-likeness (QED) is 0.236. The fourth-order valence-electron chi connectivity index (χ4n) is 3.79. The van der Waals surface area contributed by atoms with Crippen molar-refractivity contribution in [1.29, 1.82) is 0 Å². The van der Waals surface area contributed by atoms with Crippen molar-refractivity contribution < 1.29 is 32.3 Å². The number of anilines is 1. The number of rotatable bonds is 3. The van der Waals surface area contributed by atoms with Crippen molar-refractivity contribution in [2.45, 2.75) is 19.1 Å². The second-order valence-electron chi connectivity index (χ2n) is 7.64. The zero-order valence-electron chi connectivity index (χ0n) is 17.2. The van der Waals surface area contributed by atoms with Crippen LogP contribution in [-0.4, -0.2) is 16.8 Å². The van der Waals surface area contributed by atoms with Gasteiger partial charge in [0.15, 0.2) is 0 Å². The minimum atomic E-state index is -4.68. The van der Waals surface area contributed by atoms with Gasteiger partial charge in [-0.25, -0.2) is 4.39 Å². The monoisotopic (exact) mass is 455 g/mol. The standard InChI is InChI=1S/C25H17F4NO3/c1-14-8-10-15(11-9-14)22(31)20-21(16-4-2-6-18(26)12-16)30(24(33)23(20)32)19-7-3-5-17(13-19)25(27,28)29/h2-13,21,31H,1H3/b22-20+/t21-/m0/s1. The minimum Gasteiger partial charge on any atom is -0.507 e. The summed E-state index contributed by atoms with van der Waals surface area (Å²) in [6, 6.07) is 14.1. The Hall–Kier alpha value is -3.94. The molecule has 0 aliphatic carbocycles. The number of nitrogens with zero attached hydrogens (tertiary/aromatic N) is 1. The summed E-state index contributed by atoms with van der Waals surface area (Å²) in [5.74, 6) is -3.38. The summed E-state index contributed by atoms with van der Waals surface area (Å²) in [4.78, 5) is 26.8. The van der Waals surface area contributed by atoms with Crippen LogP contribution >= 0.6 is 0 Å². The zero-order valence-corrected chi connectivity index (χ0v) is 17.2. The highest BCUT2D eigenvalue weighted by atomic mass is 19.4. The van der Waals surface area contributed by atoms with Gasteiger partial charge < -0.3 is 5.11 Å². The van der Waals surface area contributed by atoms with Crippen LogP contribution in [0.1, 0.15) is 28.3 Å². The van der Waals surface area contributed by atoms with E-state index in [4.69, 9.17) is 0 Å². The number of alkyl halides is 3. The molecule has 3 aromatic rings. The van der Waals surface area contributed by atoms with E-state index in [2.05, 4.69) is 0 Å². The number of aliphatic hydroxyl groups is 1. The number of carbonyl (C=O) groups excluding carboxylic acids is 2. The molecule has 1 saturated heterocycles. The first kappa shape index (κ1) is 22.3. The Morgan fingerprint density at radius 1 is 0.939 bits per heavy atom. The largest absolute Gasteiger partial charge is 0.507 e. The maximum absolute atomic E-state index is 14.0. The van der Waals surface area contributed by atoms with Crippen LogP contribution in [0.25, 0.3) is 5.76 Å². The van der Waals surface area contributed by atoms with Gasteiger partial charge in [0.2, 0.25) is 0 Å². The lowest BCUT2D eigenvalue weighted by Crippen LogP contribution is -2.29. The SMILES string of the molecule is Cc1ccc(/C(O)=C2\C(=O)C(=O)N(c3cccc(C(F)(F)F)c3)[C@H]2c2cccc(F)c2)cc1. The molecule has 0 saturated carbocycles. The van der Waals surface area contributed by atoms with Gasteiger partial charge in [0.1, 0.15) is 11.6 Å². The molecule has 0 unspecified atom stereocenters. The number of aliphatic hydroxyl groups excluding tert-OH is 1. The third-order valence-electron chi connectivity index (χ3n) is 5.39. The van der Waals surface area contributed by atoms with Gasteiger partial charge in [-0.2, -0.15) is 13.2 Å². The van der Waals surface area contributed by atoms with Crippen molar-refractivity contribution in [3.8, 4) is 0 Å². The van der Waals surface area contributed by atoms with Crippen molar-refractivity contribution >= 4 is 23.1 Å². The van der Waals surface area contributed by atoms with Crippen molar-refractivity contribution in [2.24, 2.45) is 0 Å². The maximum Gasteiger partial charge on any atom is 0.416 e. The lowest BCUT2D eigenvalue weighted by molar-refractivity contribution is -0.137. The summed E-state index contributed by atoms with van der Waals surface area (Å²) in [5.41, 5.74) is -0.309. The van der Waals surface area contributed by atoms with E-state index >= 15 is 0 Å². The van der Waals surface area contributed by atoms with Crippen LogP contribution in [0.15, 0.2) is 78.4 Å². The average molecular weight is 455 g/mol. The minimum absolute atomic E-state index is 0.125. The first-order valence-corrected chi connectivity index (χ1v) is 9.88. The van der Waals surface area contributed by atoms with Gasteiger partial charge in [-0.3, -0.25) is 14.5 Å². The first-order valence-electron chi connectivity index (χ1n) is 9.88. The lowest BCUT2D eigenvalue weighted by Gasteiger charge is -2.26. The lowest BCUT2D eigenvalue weighted by atomic mass is 9.94. The van der Waals surface area contributed by atoms with Crippen LogP contribution in [0.5, 0.6) is 0 Å². The Labute approximate surface area is 186 Å². The van der Waals surface area contributed by atoms with E-state index in [0.29, 0.717) is 0 Å². The summed E-state index contributed by atoms with van der Waals surface area (Å²) in [6.07, 6.45) is -4.68. The van der Waals surface area contributed by atoms with Gasteiger partial charge in [-0.15, -0.1) is 0 Å². The summed E-state index contributed by atoms with van der Waals surface area (Å²) < 4.78 is 53.9. The summed E-state index contributed by atoms with van der Waals surface area (Å²) in [6.45, 7) is 1.82. The third-order valence-corrected chi connectivity index (χ3v) is 5.39. The van der Waals surface area contributed by atoms with Crippen LogP contribution in [0, 0.1) is 12.7 Å². The molecule has 1 fully saturated rings. The van der Waals surface area contributed by atoms with Crippen LogP contribution in [0.4, 0.5) is 23.2 Å². The Balaban J connectivity index is 1.95. The highest BCUT2D eigenvalue weighted by Gasteiger charge is 2.47. The zero-order chi connectivity index (χ0) is 23.9. The molecule has 1 atom stereocenters. The third kappa shape index (κ3) is 4.11. The molecule has 8 heteroatoms. The molecule has 1 aliphatic rings. The van der Waals surface area contributed by atoms with Gasteiger partial charge >= 0.3 is 6.18 Å². The van der Waals surface area contributed by atoms with Gasteiger partial charge in [-0.1, -0.05) is 48.0 Å². The Morgan fingerprint density at radius 2 is 1.61 bits per heavy atom. The number of benzene rings is 3. The van der Waals surface area contributed by atoms with E-state index in [1.807, 2.05) is 6.92 Å². The smallest absolute Gasteiger partial charge is 0.416 e. The molecule has 3 aromatic carbocycles. The van der Waals surface area contributed by atoms with E-state index in [1.54, 1.807) is 24.3 Å². The van der Waals surface area contributed by atoms with Crippen LogP contribution < -0.4 is 4.90 Å². The topological polar surface area (TPSA) is 57.6 Å². The highest BCUT2D eigenvalue weighted by molar-refractivity contribution is 6.51. The molecule has 1 N–H and O–H groups in total. The molecule has 1 aliphatic heterocycles. The fraction of sp³-hybridized carbons (Fsp3) is 0.120. The van der Waals surface area contributed by atoms with Crippen molar-refractivity contribution in [2.75, 3.05) is 4.90 Å². The molecule has 0 bridgehead atoms. The van der Waals surface area contributed by atoms with Crippen LogP contribution in [-0.2, 0) is 15.8 Å². The van der Waals surface area contributed by atoms with Crippen molar-refractivity contribution in [3.05, 3.63) is 106 Å². The number of Topliss-reactive ketones (excluding diaryl/α,β-unsaturated/α-hetero) is 1. The number of aryl methyl sites for hydroxylation is 1. The Morgan fingerprint density at radius 3 is 2.24 bits per heavy atom. The first-order chi connectivity index (χ1) is 15.6. The van der Waals surface area contributed by atoms with E-state index in [9.17, 15) is 32.3 Å². The molecule has 0 aromatic heterocycles. The molecular weight excluding hydrogens is 438 g/mol.